The quantitative estimate of drug-likeness (QED) is 0.873. The first-order valence-corrected chi connectivity index (χ1v) is 8.16. The standard InChI is InChI=1S/C16H28N4O/c1-5-8-14-18-15(17-7-3)12(4)16(19-14)20-9-10-21-11-13(20)6-2/h13H,5-11H2,1-4H3,(H,17,18,19). The number of hydrogen-bond acceptors (Lipinski definition) is 5. The summed E-state index contributed by atoms with van der Waals surface area (Å²) in [4.78, 5) is 11.9. The van der Waals surface area contributed by atoms with E-state index in [2.05, 4.69) is 42.9 Å². The van der Waals surface area contributed by atoms with E-state index in [9.17, 15) is 0 Å². The lowest BCUT2D eigenvalue weighted by atomic mass is 10.1. The minimum absolute atomic E-state index is 0.413. The Kier molecular flexibility index (Phi) is 5.79. The Balaban J connectivity index is 2.39. The number of anilines is 2. The van der Waals surface area contributed by atoms with Gasteiger partial charge in [0.2, 0.25) is 0 Å². The van der Waals surface area contributed by atoms with Gasteiger partial charge in [-0.2, -0.15) is 0 Å². The summed E-state index contributed by atoms with van der Waals surface area (Å²) >= 11 is 0. The van der Waals surface area contributed by atoms with Crippen molar-refractivity contribution in [2.45, 2.75) is 53.0 Å². The second-order valence-corrected chi connectivity index (χ2v) is 5.55. The fourth-order valence-corrected chi connectivity index (χ4v) is 2.78. The van der Waals surface area contributed by atoms with Gasteiger partial charge in [-0.25, -0.2) is 9.97 Å². The lowest BCUT2D eigenvalue weighted by Gasteiger charge is -2.37. The first-order chi connectivity index (χ1) is 10.2. The molecule has 1 aliphatic rings. The Hall–Kier alpha value is -1.36. The van der Waals surface area contributed by atoms with Gasteiger partial charge in [-0.1, -0.05) is 13.8 Å². The van der Waals surface area contributed by atoms with Crippen molar-refractivity contribution in [1.29, 1.82) is 0 Å². The maximum Gasteiger partial charge on any atom is 0.137 e. The summed E-state index contributed by atoms with van der Waals surface area (Å²) in [5.41, 5.74) is 1.15. The third-order valence-electron chi connectivity index (χ3n) is 3.96. The van der Waals surface area contributed by atoms with Crippen molar-refractivity contribution in [3.8, 4) is 0 Å². The lowest BCUT2D eigenvalue weighted by Crippen LogP contribution is -2.46. The van der Waals surface area contributed by atoms with Crippen LogP contribution in [0, 0.1) is 6.92 Å². The highest BCUT2D eigenvalue weighted by Gasteiger charge is 2.25. The molecule has 5 nitrogen and oxygen atoms in total. The van der Waals surface area contributed by atoms with Gasteiger partial charge in [-0.05, 0) is 26.7 Å². The molecular formula is C16H28N4O. The predicted octanol–water partition coefficient (Wildman–Crippen LogP) is 2.78. The molecule has 21 heavy (non-hydrogen) atoms. The molecule has 1 aromatic heterocycles. The van der Waals surface area contributed by atoms with Crippen LogP contribution >= 0.6 is 0 Å². The van der Waals surface area contributed by atoms with E-state index < -0.39 is 0 Å². The van der Waals surface area contributed by atoms with Crippen LogP contribution in [0.2, 0.25) is 0 Å². The minimum Gasteiger partial charge on any atom is -0.377 e. The van der Waals surface area contributed by atoms with Crippen LogP contribution in [0.4, 0.5) is 11.6 Å². The van der Waals surface area contributed by atoms with E-state index in [1.807, 2.05) is 0 Å². The molecule has 1 aliphatic heterocycles. The zero-order valence-corrected chi connectivity index (χ0v) is 13.8. The van der Waals surface area contributed by atoms with Gasteiger partial charge in [0.1, 0.15) is 17.5 Å². The van der Waals surface area contributed by atoms with Crippen LogP contribution in [0.5, 0.6) is 0 Å². The van der Waals surface area contributed by atoms with Gasteiger partial charge < -0.3 is 15.0 Å². The molecule has 0 aromatic carbocycles. The highest BCUT2D eigenvalue weighted by Crippen LogP contribution is 2.27. The normalized spacial score (nSPS) is 18.9. The number of aromatic nitrogens is 2. The van der Waals surface area contributed by atoms with Crippen LogP contribution in [0.25, 0.3) is 0 Å². The predicted molar refractivity (Wildman–Crippen MR) is 87.2 cm³/mol. The Bertz CT molecular complexity index is 464. The van der Waals surface area contributed by atoms with Crippen molar-refractivity contribution >= 4 is 11.6 Å². The molecule has 0 radical (unpaired) electrons. The Labute approximate surface area is 128 Å². The Morgan fingerprint density at radius 1 is 1.29 bits per heavy atom. The molecule has 1 atom stereocenters. The highest BCUT2D eigenvalue weighted by atomic mass is 16.5. The summed E-state index contributed by atoms with van der Waals surface area (Å²) in [6.45, 7) is 12.0. The number of morpholine rings is 1. The number of rotatable bonds is 6. The molecule has 0 spiro atoms. The molecule has 2 rings (SSSR count). The second kappa shape index (κ2) is 7.59. The van der Waals surface area contributed by atoms with Gasteiger partial charge in [0.25, 0.3) is 0 Å². The highest BCUT2D eigenvalue weighted by molar-refractivity contribution is 5.59. The van der Waals surface area contributed by atoms with Crippen molar-refractivity contribution in [2.75, 3.05) is 36.5 Å². The molecule has 1 aromatic rings. The summed E-state index contributed by atoms with van der Waals surface area (Å²) in [5, 5.41) is 3.38. The van der Waals surface area contributed by atoms with E-state index in [0.717, 1.165) is 68.6 Å². The third kappa shape index (κ3) is 3.64. The molecule has 118 valence electrons. The molecule has 0 saturated carbocycles. The topological polar surface area (TPSA) is 50.3 Å². The molecule has 1 saturated heterocycles. The van der Waals surface area contributed by atoms with E-state index >= 15 is 0 Å². The second-order valence-electron chi connectivity index (χ2n) is 5.55. The molecule has 2 heterocycles. The summed E-state index contributed by atoms with van der Waals surface area (Å²) in [7, 11) is 0. The van der Waals surface area contributed by atoms with Gasteiger partial charge in [-0.3, -0.25) is 0 Å². The third-order valence-corrected chi connectivity index (χ3v) is 3.96. The van der Waals surface area contributed by atoms with E-state index in [1.54, 1.807) is 0 Å². The number of hydrogen-bond donors (Lipinski definition) is 1. The van der Waals surface area contributed by atoms with Crippen molar-refractivity contribution in [3.63, 3.8) is 0 Å². The minimum atomic E-state index is 0.413. The van der Waals surface area contributed by atoms with E-state index in [-0.39, 0.29) is 0 Å². The average molecular weight is 292 g/mol. The Morgan fingerprint density at radius 3 is 2.76 bits per heavy atom. The maximum absolute atomic E-state index is 5.62. The maximum atomic E-state index is 5.62. The molecule has 1 fully saturated rings. The van der Waals surface area contributed by atoms with Crippen LogP contribution in [0.1, 0.15) is 45.0 Å². The molecule has 0 aliphatic carbocycles. The number of aryl methyl sites for hydroxylation is 1. The molecule has 5 heteroatoms. The molecule has 1 unspecified atom stereocenters. The van der Waals surface area contributed by atoms with Crippen LogP contribution in [0.15, 0.2) is 0 Å². The monoisotopic (exact) mass is 292 g/mol. The summed E-state index contributed by atoms with van der Waals surface area (Å²) < 4.78 is 5.62. The zero-order valence-electron chi connectivity index (χ0n) is 13.8. The first-order valence-electron chi connectivity index (χ1n) is 8.16. The lowest BCUT2D eigenvalue weighted by molar-refractivity contribution is 0.0924. The van der Waals surface area contributed by atoms with Gasteiger partial charge in [-0.15, -0.1) is 0 Å². The fourth-order valence-electron chi connectivity index (χ4n) is 2.78. The molecule has 0 bridgehead atoms. The SMILES string of the molecule is CCCc1nc(NCC)c(C)c(N2CCOCC2CC)n1. The average Bonchev–Trinajstić information content (AvgIpc) is 2.51. The van der Waals surface area contributed by atoms with Crippen molar-refractivity contribution < 1.29 is 4.74 Å². The van der Waals surface area contributed by atoms with Crippen molar-refractivity contribution in [3.05, 3.63) is 11.4 Å². The van der Waals surface area contributed by atoms with Crippen LogP contribution < -0.4 is 10.2 Å². The van der Waals surface area contributed by atoms with Crippen LogP contribution in [-0.2, 0) is 11.2 Å². The first kappa shape index (κ1) is 16.0. The van der Waals surface area contributed by atoms with Gasteiger partial charge in [0.05, 0.1) is 19.3 Å². The number of nitrogens with zero attached hydrogens (tertiary/aromatic N) is 3. The zero-order chi connectivity index (χ0) is 15.2. The van der Waals surface area contributed by atoms with Crippen molar-refractivity contribution in [1.82, 2.24) is 9.97 Å². The number of ether oxygens (including phenoxy) is 1. The van der Waals surface area contributed by atoms with E-state index in [4.69, 9.17) is 9.72 Å². The largest absolute Gasteiger partial charge is 0.377 e. The smallest absolute Gasteiger partial charge is 0.137 e. The molecule has 1 N–H and O–H groups in total. The van der Waals surface area contributed by atoms with E-state index in [0.29, 0.717) is 6.04 Å². The van der Waals surface area contributed by atoms with Crippen LogP contribution in [-0.4, -0.2) is 42.3 Å². The van der Waals surface area contributed by atoms with E-state index in [1.165, 1.54) is 0 Å². The van der Waals surface area contributed by atoms with Gasteiger partial charge >= 0.3 is 0 Å². The fraction of sp³-hybridized carbons (Fsp3) is 0.750. The van der Waals surface area contributed by atoms with Gasteiger partial charge in [0.15, 0.2) is 0 Å². The molecule has 0 amide bonds. The van der Waals surface area contributed by atoms with Gasteiger partial charge in [0, 0.05) is 25.1 Å². The summed E-state index contributed by atoms with van der Waals surface area (Å²) in [6, 6.07) is 0.413. The Morgan fingerprint density at radius 2 is 2.10 bits per heavy atom. The summed E-state index contributed by atoms with van der Waals surface area (Å²) in [6.07, 6.45) is 3.06. The van der Waals surface area contributed by atoms with Crippen LogP contribution in [0.3, 0.4) is 0 Å². The summed E-state index contributed by atoms with van der Waals surface area (Å²) in [5.74, 6) is 3.00. The van der Waals surface area contributed by atoms with Crippen molar-refractivity contribution in [2.24, 2.45) is 0 Å². The molecular weight excluding hydrogens is 264 g/mol. The number of nitrogens with one attached hydrogen (secondary N) is 1.